The fourth-order valence-corrected chi connectivity index (χ4v) is 1.87. The molecule has 0 aromatic carbocycles. The van der Waals surface area contributed by atoms with Crippen LogP contribution in [-0.4, -0.2) is 38.9 Å². The number of esters is 2. The summed E-state index contributed by atoms with van der Waals surface area (Å²) < 4.78 is 14.5. The van der Waals surface area contributed by atoms with E-state index >= 15 is 0 Å². The van der Waals surface area contributed by atoms with Crippen molar-refractivity contribution in [2.75, 3.05) is 26.9 Å². The molecule has 0 bridgehead atoms. The van der Waals surface area contributed by atoms with E-state index in [0.29, 0.717) is 13.2 Å². The molecule has 0 saturated heterocycles. The first-order valence-corrected chi connectivity index (χ1v) is 8.21. The van der Waals surface area contributed by atoms with E-state index in [1.54, 1.807) is 0 Å². The molecule has 0 aromatic rings. The highest BCUT2D eigenvalue weighted by atomic mass is 16.6. The molecule has 0 spiro atoms. The molecular formula is C17H30O5. The zero-order valence-electron chi connectivity index (χ0n) is 14.0. The third kappa shape index (κ3) is 15.0. The van der Waals surface area contributed by atoms with Crippen LogP contribution in [0.3, 0.4) is 0 Å². The molecular weight excluding hydrogens is 284 g/mol. The van der Waals surface area contributed by atoms with E-state index in [9.17, 15) is 9.59 Å². The summed E-state index contributed by atoms with van der Waals surface area (Å²) in [5, 5.41) is 0. The fourth-order valence-electron chi connectivity index (χ4n) is 1.87. The smallest absolute Gasteiger partial charge is 0.331 e. The summed E-state index contributed by atoms with van der Waals surface area (Å²) in [6.45, 7) is 3.12. The molecule has 22 heavy (non-hydrogen) atoms. The topological polar surface area (TPSA) is 61.8 Å². The Hall–Kier alpha value is -1.36. The van der Waals surface area contributed by atoms with Crippen molar-refractivity contribution < 1.29 is 23.8 Å². The van der Waals surface area contributed by atoms with Gasteiger partial charge in [0, 0.05) is 19.3 Å². The number of carbonyl (C=O) groups excluding carboxylic acids is 2. The molecule has 0 rings (SSSR count). The second kappa shape index (κ2) is 16.0. The molecule has 0 aromatic heterocycles. The molecule has 128 valence electrons. The quantitative estimate of drug-likeness (QED) is 0.279. The van der Waals surface area contributed by atoms with Gasteiger partial charge in [0.1, 0.15) is 6.61 Å². The molecule has 0 saturated carbocycles. The van der Waals surface area contributed by atoms with E-state index in [-0.39, 0.29) is 6.61 Å². The number of hydrogen-bond donors (Lipinski definition) is 0. The maximum atomic E-state index is 11.3. The minimum absolute atomic E-state index is 0.174. The Kier molecular flexibility index (Phi) is 15.0. The van der Waals surface area contributed by atoms with E-state index in [1.165, 1.54) is 45.6 Å². The van der Waals surface area contributed by atoms with E-state index in [1.807, 2.05) is 0 Å². The highest BCUT2D eigenvalue weighted by Crippen LogP contribution is 2.08. The lowest BCUT2D eigenvalue weighted by molar-refractivity contribution is -0.141. The Morgan fingerprint density at radius 2 is 1.23 bits per heavy atom. The van der Waals surface area contributed by atoms with Gasteiger partial charge in [-0.25, -0.2) is 9.59 Å². The SMILES string of the molecule is CCCCCCCCCCOC(=O)/C=C/C(=O)OCCOC. The minimum Gasteiger partial charge on any atom is -0.463 e. The second-order valence-electron chi connectivity index (χ2n) is 5.14. The van der Waals surface area contributed by atoms with Gasteiger partial charge in [-0.05, 0) is 6.42 Å². The predicted octanol–water partition coefficient (Wildman–Crippen LogP) is 3.42. The monoisotopic (exact) mass is 314 g/mol. The van der Waals surface area contributed by atoms with Gasteiger partial charge in [-0.3, -0.25) is 0 Å². The third-order valence-corrected chi connectivity index (χ3v) is 3.13. The highest BCUT2D eigenvalue weighted by molar-refractivity contribution is 5.91. The van der Waals surface area contributed by atoms with Crippen molar-refractivity contribution in [3.05, 3.63) is 12.2 Å². The second-order valence-corrected chi connectivity index (χ2v) is 5.14. The summed E-state index contributed by atoms with van der Waals surface area (Å²) in [7, 11) is 1.52. The standard InChI is InChI=1S/C17H30O5/c1-3-4-5-6-7-8-9-10-13-21-16(18)11-12-17(19)22-15-14-20-2/h11-12H,3-10,13-15H2,1-2H3/b12-11+. The van der Waals surface area contributed by atoms with Crippen LogP contribution in [0.4, 0.5) is 0 Å². The Morgan fingerprint density at radius 3 is 1.77 bits per heavy atom. The summed E-state index contributed by atoms with van der Waals surface area (Å²) in [5.41, 5.74) is 0. The van der Waals surface area contributed by atoms with E-state index in [4.69, 9.17) is 14.2 Å². The number of ether oxygens (including phenoxy) is 3. The lowest BCUT2D eigenvalue weighted by Crippen LogP contribution is -2.08. The van der Waals surface area contributed by atoms with Gasteiger partial charge in [-0.15, -0.1) is 0 Å². The molecule has 0 aliphatic rings. The molecule has 0 fully saturated rings. The van der Waals surface area contributed by atoms with Crippen LogP contribution in [0.1, 0.15) is 58.3 Å². The van der Waals surface area contributed by atoms with Crippen LogP contribution < -0.4 is 0 Å². The van der Waals surface area contributed by atoms with Crippen molar-refractivity contribution in [3.8, 4) is 0 Å². The molecule has 0 N–H and O–H groups in total. The van der Waals surface area contributed by atoms with Crippen LogP contribution in [0.2, 0.25) is 0 Å². The minimum atomic E-state index is -0.568. The van der Waals surface area contributed by atoms with E-state index in [0.717, 1.165) is 25.0 Å². The van der Waals surface area contributed by atoms with Gasteiger partial charge in [-0.2, -0.15) is 0 Å². The van der Waals surface area contributed by atoms with Gasteiger partial charge >= 0.3 is 11.9 Å². The van der Waals surface area contributed by atoms with Crippen molar-refractivity contribution in [1.82, 2.24) is 0 Å². The van der Waals surface area contributed by atoms with Crippen molar-refractivity contribution in [3.63, 3.8) is 0 Å². The maximum Gasteiger partial charge on any atom is 0.331 e. The van der Waals surface area contributed by atoms with Gasteiger partial charge < -0.3 is 14.2 Å². The van der Waals surface area contributed by atoms with Crippen LogP contribution in [0.25, 0.3) is 0 Å². The van der Waals surface area contributed by atoms with E-state index in [2.05, 4.69) is 6.92 Å². The number of rotatable bonds is 14. The van der Waals surface area contributed by atoms with Crippen LogP contribution in [-0.2, 0) is 23.8 Å². The molecule has 0 unspecified atom stereocenters. The number of unbranched alkanes of at least 4 members (excludes halogenated alkanes) is 7. The Bertz CT molecular complexity index is 312. The normalized spacial score (nSPS) is 10.8. The van der Waals surface area contributed by atoms with Crippen LogP contribution in [0, 0.1) is 0 Å². The maximum absolute atomic E-state index is 11.3. The number of carbonyl (C=O) groups is 2. The van der Waals surface area contributed by atoms with Crippen LogP contribution in [0.15, 0.2) is 12.2 Å². The third-order valence-electron chi connectivity index (χ3n) is 3.13. The largest absolute Gasteiger partial charge is 0.463 e. The first-order chi connectivity index (χ1) is 10.7. The zero-order valence-corrected chi connectivity index (χ0v) is 14.0. The van der Waals surface area contributed by atoms with Gasteiger partial charge in [-0.1, -0.05) is 51.9 Å². The molecule has 0 heterocycles. The average molecular weight is 314 g/mol. The first kappa shape index (κ1) is 20.6. The zero-order chi connectivity index (χ0) is 16.5. The van der Waals surface area contributed by atoms with Crippen LogP contribution in [0.5, 0.6) is 0 Å². The molecule has 5 heteroatoms. The van der Waals surface area contributed by atoms with Gasteiger partial charge in [0.05, 0.1) is 13.2 Å². The van der Waals surface area contributed by atoms with Crippen LogP contribution >= 0.6 is 0 Å². The van der Waals surface area contributed by atoms with E-state index < -0.39 is 11.9 Å². The Labute approximate surface area is 134 Å². The Morgan fingerprint density at radius 1 is 0.727 bits per heavy atom. The highest BCUT2D eigenvalue weighted by Gasteiger charge is 2.01. The van der Waals surface area contributed by atoms with Gasteiger partial charge in [0.25, 0.3) is 0 Å². The molecule has 0 aliphatic carbocycles. The van der Waals surface area contributed by atoms with Gasteiger partial charge in [0.2, 0.25) is 0 Å². The van der Waals surface area contributed by atoms with Crippen molar-refractivity contribution in [2.24, 2.45) is 0 Å². The van der Waals surface area contributed by atoms with Crippen molar-refractivity contribution in [1.29, 1.82) is 0 Å². The molecule has 5 nitrogen and oxygen atoms in total. The van der Waals surface area contributed by atoms with Crippen molar-refractivity contribution in [2.45, 2.75) is 58.3 Å². The van der Waals surface area contributed by atoms with Crippen molar-refractivity contribution >= 4 is 11.9 Å². The molecule has 0 aliphatic heterocycles. The first-order valence-electron chi connectivity index (χ1n) is 8.21. The summed E-state index contributed by atoms with van der Waals surface area (Å²) in [4.78, 5) is 22.5. The lowest BCUT2D eigenvalue weighted by atomic mass is 10.1. The molecule has 0 radical (unpaired) electrons. The molecule has 0 atom stereocenters. The number of hydrogen-bond acceptors (Lipinski definition) is 5. The van der Waals surface area contributed by atoms with Gasteiger partial charge in [0.15, 0.2) is 0 Å². The summed E-state index contributed by atoms with van der Waals surface area (Å²) in [5.74, 6) is -1.08. The average Bonchev–Trinajstić information content (AvgIpc) is 2.51. The summed E-state index contributed by atoms with van der Waals surface area (Å²) >= 11 is 0. The molecule has 0 amide bonds. The Balaban J connectivity index is 3.43. The fraction of sp³-hybridized carbons (Fsp3) is 0.765. The summed E-state index contributed by atoms with van der Waals surface area (Å²) in [6, 6.07) is 0. The predicted molar refractivity (Wildman–Crippen MR) is 85.5 cm³/mol. The summed E-state index contributed by atoms with van der Waals surface area (Å²) in [6.07, 6.45) is 11.7. The number of methoxy groups -OCH3 is 1. The lowest BCUT2D eigenvalue weighted by Gasteiger charge is -2.03.